The van der Waals surface area contributed by atoms with Crippen molar-refractivity contribution >= 4 is 21.8 Å². The number of sulfonamides is 1. The van der Waals surface area contributed by atoms with Gasteiger partial charge in [-0.1, -0.05) is 43.7 Å². The van der Waals surface area contributed by atoms with E-state index in [1.807, 2.05) is 37.3 Å². The molecule has 30 heavy (non-hydrogen) atoms. The fraction of sp³-hybridized carbons (Fsp3) is 0.429. The molecule has 1 fully saturated rings. The molecule has 0 aliphatic carbocycles. The second-order valence-electron chi connectivity index (χ2n) is 7.52. The molecule has 1 aromatic heterocycles. The minimum atomic E-state index is -3.76. The number of aromatic nitrogens is 1. The molecule has 162 valence electrons. The van der Waals surface area contributed by atoms with E-state index in [1.54, 1.807) is 11.9 Å². The molecule has 0 saturated carbocycles. The molecule has 0 spiro atoms. The zero-order chi connectivity index (χ0) is 21.9. The van der Waals surface area contributed by atoms with Crippen LogP contribution >= 0.6 is 0 Å². The summed E-state index contributed by atoms with van der Waals surface area (Å²) in [5.74, 6) is -0.861. The first-order chi connectivity index (χ1) is 14.3. The van der Waals surface area contributed by atoms with Crippen LogP contribution in [-0.2, 0) is 21.9 Å². The van der Waals surface area contributed by atoms with Crippen LogP contribution in [-0.4, -0.2) is 60.2 Å². The average molecular weight is 433 g/mol. The van der Waals surface area contributed by atoms with Crippen LogP contribution in [0, 0.1) is 0 Å². The minimum absolute atomic E-state index is 0.0340. The predicted octanol–water partition coefficient (Wildman–Crippen LogP) is 1.54. The molecule has 8 nitrogen and oxygen atoms in total. The summed E-state index contributed by atoms with van der Waals surface area (Å²) in [7, 11) is -2.19. The molecule has 1 aromatic carbocycles. The Labute approximate surface area is 177 Å². The van der Waals surface area contributed by atoms with Gasteiger partial charge in [-0.15, -0.1) is 0 Å². The number of aryl methyl sites for hydroxylation is 1. The van der Waals surface area contributed by atoms with E-state index in [0.29, 0.717) is 13.1 Å². The van der Waals surface area contributed by atoms with E-state index in [0.717, 1.165) is 18.4 Å². The number of amides is 2. The van der Waals surface area contributed by atoms with Crippen molar-refractivity contribution in [2.24, 2.45) is 12.8 Å². The number of benzene rings is 1. The zero-order valence-electron chi connectivity index (χ0n) is 17.3. The van der Waals surface area contributed by atoms with Gasteiger partial charge in [0.05, 0.1) is 5.92 Å². The molecule has 1 atom stereocenters. The summed E-state index contributed by atoms with van der Waals surface area (Å²) in [5.41, 5.74) is 6.41. The molecular formula is C21H28N4O4S. The summed E-state index contributed by atoms with van der Waals surface area (Å²) in [6.45, 7) is 3.14. The molecule has 2 amide bonds. The van der Waals surface area contributed by atoms with Crippen molar-refractivity contribution in [3.05, 3.63) is 53.9 Å². The molecule has 0 bridgehead atoms. The van der Waals surface area contributed by atoms with Gasteiger partial charge in [-0.2, -0.15) is 4.31 Å². The van der Waals surface area contributed by atoms with Crippen molar-refractivity contribution < 1.29 is 18.0 Å². The molecule has 0 radical (unpaired) electrons. The number of rotatable bonds is 7. The van der Waals surface area contributed by atoms with Gasteiger partial charge in [0.15, 0.2) is 0 Å². The maximum absolute atomic E-state index is 13.1. The molecule has 9 heteroatoms. The Morgan fingerprint density at radius 3 is 2.27 bits per heavy atom. The zero-order valence-corrected chi connectivity index (χ0v) is 18.1. The normalized spacial score (nSPS) is 16.4. The number of hydrogen-bond acceptors (Lipinski definition) is 4. The number of piperazine rings is 1. The Balaban J connectivity index is 1.71. The van der Waals surface area contributed by atoms with E-state index in [4.69, 9.17) is 5.73 Å². The molecule has 2 aromatic rings. The summed E-state index contributed by atoms with van der Waals surface area (Å²) in [6.07, 6.45) is 3.02. The number of nitrogens with two attached hydrogens (primary N) is 1. The van der Waals surface area contributed by atoms with Crippen LogP contribution < -0.4 is 5.73 Å². The molecule has 3 rings (SSSR count). The lowest BCUT2D eigenvalue weighted by molar-refractivity contribution is -0.134. The van der Waals surface area contributed by atoms with Crippen molar-refractivity contribution in [2.45, 2.75) is 30.6 Å². The summed E-state index contributed by atoms with van der Waals surface area (Å²) in [4.78, 5) is 26.4. The topological polar surface area (TPSA) is 106 Å². The third-order valence-corrected chi connectivity index (χ3v) is 7.36. The van der Waals surface area contributed by atoms with Crippen LogP contribution in [0.1, 0.15) is 41.7 Å². The smallest absolute Gasteiger partial charge is 0.265 e. The minimum Gasteiger partial charge on any atom is -0.364 e. The molecule has 2 heterocycles. The van der Waals surface area contributed by atoms with Crippen LogP contribution in [0.2, 0.25) is 0 Å². The highest BCUT2D eigenvalue weighted by molar-refractivity contribution is 7.89. The molecular weight excluding hydrogens is 404 g/mol. The van der Waals surface area contributed by atoms with Crippen molar-refractivity contribution in [3.8, 4) is 0 Å². The van der Waals surface area contributed by atoms with Crippen LogP contribution in [0.4, 0.5) is 0 Å². The first-order valence-electron chi connectivity index (χ1n) is 10.1. The second kappa shape index (κ2) is 9.01. The summed E-state index contributed by atoms with van der Waals surface area (Å²) in [5, 5.41) is 0. The number of primary amides is 1. The van der Waals surface area contributed by atoms with Gasteiger partial charge in [0, 0.05) is 39.4 Å². The van der Waals surface area contributed by atoms with Crippen LogP contribution in [0.15, 0.2) is 47.5 Å². The van der Waals surface area contributed by atoms with Gasteiger partial charge < -0.3 is 15.2 Å². The van der Waals surface area contributed by atoms with E-state index in [9.17, 15) is 18.0 Å². The van der Waals surface area contributed by atoms with Gasteiger partial charge in [0.1, 0.15) is 10.6 Å². The third kappa shape index (κ3) is 4.41. The third-order valence-electron chi connectivity index (χ3n) is 5.50. The largest absolute Gasteiger partial charge is 0.364 e. The van der Waals surface area contributed by atoms with Crippen molar-refractivity contribution in [3.63, 3.8) is 0 Å². The highest BCUT2D eigenvalue weighted by atomic mass is 32.2. The van der Waals surface area contributed by atoms with Gasteiger partial charge >= 0.3 is 0 Å². The quantitative estimate of drug-likeness (QED) is 0.716. The average Bonchev–Trinajstić information content (AvgIpc) is 3.15. The first kappa shape index (κ1) is 22.0. The number of carbonyl (C=O) groups is 2. The second-order valence-corrected chi connectivity index (χ2v) is 9.46. The highest BCUT2D eigenvalue weighted by Crippen LogP contribution is 2.26. The van der Waals surface area contributed by atoms with Crippen molar-refractivity contribution in [1.29, 1.82) is 0 Å². The van der Waals surface area contributed by atoms with Crippen LogP contribution in [0.3, 0.4) is 0 Å². The highest BCUT2D eigenvalue weighted by Gasteiger charge is 2.33. The molecule has 0 unspecified atom stereocenters. The SMILES string of the molecule is CCC[C@@H](C(=O)N1CCN(S(=O)(=O)c2cc(C(N)=O)n(C)c2)CC1)c1ccccc1. The van der Waals surface area contributed by atoms with Crippen molar-refractivity contribution in [1.82, 2.24) is 13.8 Å². The number of nitrogens with zero attached hydrogens (tertiary/aromatic N) is 3. The van der Waals surface area contributed by atoms with Crippen molar-refractivity contribution in [2.75, 3.05) is 26.2 Å². The fourth-order valence-electron chi connectivity index (χ4n) is 3.85. The Morgan fingerprint density at radius 1 is 1.10 bits per heavy atom. The van der Waals surface area contributed by atoms with Gasteiger partial charge in [-0.3, -0.25) is 9.59 Å². The lowest BCUT2D eigenvalue weighted by Crippen LogP contribution is -2.51. The van der Waals surface area contributed by atoms with Gasteiger partial charge in [0.2, 0.25) is 15.9 Å². The van der Waals surface area contributed by atoms with Gasteiger partial charge in [0.25, 0.3) is 5.91 Å². The Morgan fingerprint density at radius 2 is 1.73 bits per heavy atom. The molecule has 1 aliphatic rings. The Kier molecular flexibility index (Phi) is 6.62. The first-order valence-corrected chi connectivity index (χ1v) is 11.5. The molecule has 1 aliphatic heterocycles. The van der Waals surface area contributed by atoms with Crippen LogP contribution in [0.5, 0.6) is 0 Å². The van der Waals surface area contributed by atoms with E-state index in [2.05, 4.69) is 0 Å². The lowest BCUT2D eigenvalue weighted by atomic mass is 9.93. The Bertz CT molecular complexity index is 1010. The Hall–Kier alpha value is -2.65. The fourth-order valence-corrected chi connectivity index (χ4v) is 5.34. The predicted molar refractivity (Wildman–Crippen MR) is 113 cm³/mol. The summed E-state index contributed by atoms with van der Waals surface area (Å²) >= 11 is 0. The number of carbonyl (C=O) groups excluding carboxylic acids is 2. The molecule has 2 N–H and O–H groups in total. The summed E-state index contributed by atoms with van der Waals surface area (Å²) < 4.78 is 28.7. The van der Waals surface area contributed by atoms with E-state index >= 15 is 0 Å². The summed E-state index contributed by atoms with van der Waals surface area (Å²) in [6, 6.07) is 11.0. The van der Waals surface area contributed by atoms with Gasteiger partial charge in [-0.05, 0) is 18.1 Å². The monoisotopic (exact) mass is 432 g/mol. The van der Waals surface area contributed by atoms with E-state index in [-0.39, 0.29) is 35.5 Å². The standard InChI is InChI=1S/C21H28N4O4S/c1-3-7-18(16-8-5-4-6-9-16)21(27)24-10-12-25(13-11-24)30(28,29)17-14-19(20(22)26)23(2)15-17/h4-6,8-9,14-15,18H,3,7,10-13H2,1-2H3,(H2,22,26)/t18-/m1/s1. The number of hydrogen-bond donors (Lipinski definition) is 1. The van der Waals surface area contributed by atoms with Gasteiger partial charge in [-0.25, -0.2) is 8.42 Å². The van der Waals surface area contributed by atoms with E-state index in [1.165, 1.54) is 21.1 Å². The lowest BCUT2D eigenvalue weighted by Gasteiger charge is -2.35. The maximum Gasteiger partial charge on any atom is 0.265 e. The maximum atomic E-state index is 13.1. The molecule has 1 saturated heterocycles. The van der Waals surface area contributed by atoms with Crippen LogP contribution in [0.25, 0.3) is 0 Å². The van der Waals surface area contributed by atoms with E-state index < -0.39 is 15.9 Å².